The molecule has 0 saturated heterocycles. The van der Waals surface area contributed by atoms with E-state index in [1.807, 2.05) is 36.4 Å². The lowest BCUT2D eigenvalue weighted by atomic mass is 9.87. The van der Waals surface area contributed by atoms with Crippen molar-refractivity contribution in [1.29, 1.82) is 0 Å². The number of fused-ring (bicyclic) bond motifs is 1. The van der Waals surface area contributed by atoms with Gasteiger partial charge in [-0.3, -0.25) is 9.80 Å². The average Bonchev–Trinajstić information content (AvgIpc) is 3.17. The number of benzene rings is 5. The van der Waals surface area contributed by atoms with Crippen LogP contribution in [0.1, 0.15) is 51.0 Å². The highest BCUT2D eigenvalue weighted by atomic mass is 16.5. The zero-order valence-corrected chi connectivity index (χ0v) is 30.6. The minimum Gasteiger partial charge on any atom is -0.493 e. The Morgan fingerprint density at radius 1 is 0.615 bits per heavy atom. The number of hydrogen-bond donors (Lipinski definition) is 0. The molecular formula is C44H46N2O6. The highest BCUT2D eigenvalue weighted by molar-refractivity contribution is 5.63. The molecule has 5 aromatic carbocycles. The fraction of sp³-hybridized carbons (Fsp3) is 0.318. The van der Waals surface area contributed by atoms with Crippen LogP contribution in [0.5, 0.6) is 46.0 Å². The summed E-state index contributed by atoms with van der Waals surface area (Å²) >= 11 is 0. The number of ether oxygens (including phenoxy) is 6. The normalized spacial score (nSPS) is 18.2. The summed E-state index contributed by atoms with van der Waals surface area (Å²) in [6.45, 7) is 2.28. The van der Waals surface area contributed by atoms with E-state index in [0.717, 1.165) is 61.2 Å². The molecule has 2 atom stereocenters. The lowest BCUT2D eigenvalue weighted by Gasteiger charge is -2.37. The van der Waals surface area contributed by atoms with Gasteiger partial charge in [-0.25, -0.2) is 0 Å². The van der Waals surface area contributed by atoms with Crippen molar-refractivity contribution in [3.8, 4) is 46.0 Å². The molecule has 7 aliphatic rings. The van der Waals surface area contributed by atoms with Gasteiger partial charge in [-0.15, -0.1) is 0 Å². The van der Waals surface area contributed by atoms with E-state index in [9.17, 15) is 0 Å². The number of methoxy groups -OCH3 is 3. The first-order chi connectivity index (χ1) is 25.4. The van der Waals surface area contributed by atoms with Crippen molar-refractivity contribution in [2.75, 3.05) is 48.5 Å². The molecule has 8 nitrogen and oxygen atoms in total. The van der Waals surface area contributed by atoms with E-state index in [-0.39, 0.29) is 12.1 Å². The summed E-state index contributed by atoms with van der Waals surface area (Å²) in [5, 5.41) is 0. The Labute approximate surface area is 306 Å². The molecule has 2 unspecified atom stereocenters. The minimum absolute atomic E-state index is 0.0719. The molecule has 0 N–H and O–H groups in total. The van der Waals surface area contributed by atoms with Gasteiger partial charge in [0.05, 0.1) is 21.3 Å². The van der Waals surface area contributed by atoms with E-state index in [0.29, 0.717) is 46.9 Å². The van der Waals surface area contributed by atoms with Crippen LogP contribution in [0.4, 0.5) is 0 Å². The molecule has 12 rings (SSSR count). The highest BCUT2D eigenvalue weighted by Crippen LogP contribution is 2.51. The lowest BCUT2D eigenvalue weighted by Crippen LogP contribution is -2.34. The Kier molecular flexibility index (Phi) is 9.43. The van der Waals surface area contributed by atoms with Crippen molar-refractivity contribution in [3.05, 3.63) is 130 Å². The van der Waals surface area contributed by atoms with E-state index in [2.05, 4.69) is 78.5 Å². The molecule has 0 radical (unpaired) electrons. The molecule has 7 aliphatic heterocycles. The van der Waals surface area contributed by atoms with Crippen LogP contribution in [0.3, 0.4) is 0 Å². The molecule has 5 aromatic rings. The molecule has 8 heteroatoms. The van der Waals surface area contributed by atoms with E-state index in [4.69, 9.17) is 28.4 Å². The lowest BCUT2D eigenvalue weighted by molar-refractivity contribution is 0.219. The molecule has 0 fully saturated rings. The van der Waals surface area contributed by atoms with E-state index in [1.54, 1.807) is 21.3 Å². The van der Waals surface area contributed by atoms with Crippen molar-refractivity contribution in [1.82, 2.24) is 9.80 Å². The quantitative estimate of drug-likeness (QED) is 0.175. The summed E-state index contributed by atoms with van der Waals surface area (Å²) in [4.78, 5) is 4.81. The van der Waals surface area contributed by atoms with E-state index < -0.39 is 0 Å². The van der Waals surface area contributed by atoms with Crippen LogP contribution in [0.25, 0.3) is 0 Å². The monoisotopic (exact) mass is 698 g/mol. The predicted molar refractivity (Wildman–Crippen MR) is 202 cm³/mol. The standard InChI is InChI=1S/C44H46N2O6/c1-45-19-17-31-24-38(47-3)40-26-34(31)35(45)22-30-13-16-37(39(23-30)50-27-29-9-7-6-8-10-29)51-33-14-11-28(12-15-33)21-36-42-32(18-20-46(36)2)25-41(52-40)43(48-4)44(42)49-5/h6-16,23-26,35-36H,17-22,27H2,1-5H3. The van der Waals surface area contributed by atoms with Crippen molar-refractivity contribution in [3.63, 3.8) is 0 Å². The number of rotatable bonds is 6. The first kappa shape index (κ1) is 33.9. The van der Waals surface area contributed by atoms with Crippen LogP contribution >= 0.6 is 0 Å². The van der Waals surface area contributed by atoms with Crippen molar-refractivity contribution >= 4 is 0 Å². The molecule has 7 heterocycles. The highest BCUT2D eigenvalue weighted by Gasteiger charge is 2.34. The topological polar surface area (TPSA) is 61.9 Å². The zero-order valence-electron chi connectivity index (χ0n) is 30.6. The Hall–Kier alpha value is -5.18. The maximum atomic E-state index is 6.83. The SMILES string of the molecule is COc1cc2c3cc1Oc1cc4c(c(OC)c1OC)C(Cc1ccc(cc1)Oc1ccc(cc1OCc1ccccc1)CC3N(C)CC2)N(C)CC4. The zero-order chi connectivity index (χ0) is 35.8. The van der Waals surface area contributed by atoms with Gasteiger partial charge >= 0.3 is 0 Å². The van der Waals surface area contributed by atoms with Crippen molar-refractivity contribution < 1.29 is 28.4 Å². The van der Waals surface area contributed by atoms with Crippen molar-refractivity contribution in [2.45, 2.75) is 44.4 Å². The summed E-state index contributed by atoms with van der Waals surface area (Å²) in [6.07, 6.45) is 3.35. The van der Waals surface area contributed by atoms with Crippen LogP contribution in [-0.2, 0) is 32.3 Å². The number of nitrogens with zero attached hydrogens (tertiary/aromatic N) is 2. The first-order valence-corrected chi connectivity index (χ1v) is 18.1. The van der Waals surface area contributed by atoms with Gasteiger partial charge in [0.2, 0.25) is 5.75 Å². The average molecular weight is 699 g/mol. The predicted octanol–water partition coefficient (Wildman–Crippen LogP) is 8.73. The molecular weight excluding hydrogens is 652 g/mol. The third-order valence-electron chi connectivity index (χ3n) is 10.9. The van der Waals surface area contributed by atoms with Crippen LogP contribution in [0.2, 0.25) is 0 Å². The van der Waals surface area contributed by atoms with Crippen LogP contribution in [0, 0.1) is 0 Å². The van der Waals surface area contributed by atoms with Crippen LogP contribution in [-0.4, -0.2) is 58.3 Å². The van der Waals surface area contributed by atoms with E-state index >= 15 is 0 Å². The second kappa shape index (κ2) is 14.4. The molecule has 52 heavy (non-hydrogen) atoms. The van der Waals surface area contributed by atoms with Gasteiger partial charge in [-0.2, -0.15) is 0 Å². The minimum atomic E-state index is 0.0719. The smallest absolute Gasteiger partial charge is 0.204 e. The summed E-state index contributed by atoms with van der Waals surface area (Å²) in [5.74, 6) is 5.39. The summed E-state index contributed by atoms with van der Waals surface area (Å²) in [6, 6.07) is 31.6. The molecule has 268 valence electrons. The Morgan fingerprint density at radius 3 is 2.08 bits per heavy atom. The number of hydrogen-bond acceptors (Lipinski definition) is 8. The van der Waals surface area contributed by atoms with Gasteiger partial charge in [0.1, 0.15) is 12.4 Å². The summed E-state index contributed by atoms with van der Waals surface area (Å²) < 4.78 is 38.1. The third-order valence-corrected chi connectivity index (χ3v) is 10.9. The van der Waals surface area contributed by atoms with Gasteiger partial charge < -0.3 is 28.4 Å². The molecule has 0 spiro atoms. The Balaban J connectivity index is 1.27. The maximum absolute atomic E-state index is 6.83. The first-order valence-electron chi connectivity index (χ1n) is 18.1. The number of likely N-dealkylation sites (N-methyl/N-ethyl adjacent to an activating group) is 2. The molecule has 0 saturated carbocycles. The largest absolute Gasteiger partial charge is 0.493 e. The Morgan fingerprint density at radius 2 is 1.33 bits per heavy atom. The van der Waals surface area contributed by atoms with Crippen molar-refractivity contribution in [2.24, 2.45) is 0 Å². The van der Waals surface area contributed by atoms with E-state index in [1.165, 1.54) is 22.3 Å². The fourth-order valence-electron chi connectivity index (χ4n) is 7.99. The second-order valence-electron chi connectivity index (χ2n) is 14.0. The van der Waals surface area contributed by atoms with Crippen LogP contribution in [0.15, 0.2) is 91.0 Å². The van der Waals surface area contributed by atoms with Gasteiger partial charge in [-0.05, 0) is 116 Å². The fourth-order valence-corrected chi connectivity index (χ4v) is 7.99. The maximum Gasteiger partial charge on any atom is 0.204 e. The van der Waals surface area contributed by atoms with Gasteiger partial charge in [0.25, 0.3) is 0 Å². The summed E-state index contributed by atoms with van der Waals surface area (Å²) in [7, 11) is 9.46. The Bertz CT molecular complexity index is 2060. The second-order valence-corrected chi connectivity index (χ2v) is 14.0. The molecule has 0 amide bonds. The van der Waals surface area contributed by atoms with Gasteiger partial charge in [0.15, 0.2) is 34.5 Å². The molecule has 0 aromatic heterocycles. The van der Waals surface area contributed by atoms with Gasteiger partial charge in [0, 0.05) is 30.7 Å². The van der Waals surface area contributed by atoms with Gasteiger partial charge in [-0.1, -0.05) is 48.5 Å². The molecule has 10 bridgehead atoms. The summed E-state index contributed by atoms with van der Waals surface area (Å²) in [5.41, 5.74) is 8.24. The third kappa shape index (κ3) is 6.53. The molecule has 0 aliphatic carbocycles. The van der Waals surface area contributed by atoms with Crippen LogP contribution < -0.4 is 28.4 Å².